The Hall–Kier alpha value is -2.67. The number of hydrogen-bond donors (Lipinski definition) is 2. The minimum atomic E-state index is -0.317. The Balaban J connectivity index is 1.67. The van der Waals surface area contributed by atoms with Crippen LogP contribution in [0.15, 0.2) is 40.8 Å². The Labute approximate surface area is 136 Å². The van der Waals surface area contributed by atoms with E-state index in [1.165, 1.54) is 18.3 Å². The molecule has 0 atom stereocenters. The van der Waals surface area contributed by atoms with Crippen LogP contribution in [0, 0.1) is 0 Å². The normalized spacial score (nSPS) is 10.7. The molecule has 2 N–H and O–H groups in total. The molecule has 0 fully saturated rings. The first-order valence-corrected chi connectivity index (χ1v) is 7.93. The van der Waals surface area contributed by atoms with Gasteiger partial charge in [0.1, 0.15) is 0 Å². The molecule has 6 nitrogen and oxygen atoms in total. The van der Waals surface area contributed by atoms with Gasteiger partial charge in [-0.1, -0.05) is 12.1 Å². The van der Waals surface area contributed by atoms with Crippen molar-refractivity contribution in [2.75, 3.05) is 13.1 Å². The molecule has 118 valence electrons. The molecule has 0 aliphatic carbocycles. The van der Waals surface area contributed by atoms with Gasteiger partial charge in [0.05, 0.1) is 10.2 Å². The second kappa shape index (κ2) is 6.62. The van der Waals surface area contributed by atoms with Gasteiger partial charge in [0.25, 0.3) is 5.91 Å². The summed E-state index contributed by atoms with van der Waals surface area (Å²) in [6.07, 6.45) is 0. The molecular weight excluding hydrogens is 314 g/mol. The fourth-order valence-electron chi connectivity index (χ4n) is 2.05. The van der Waals surface area contributed by atoms with Gasteiger partial charge in [-0.2, -0.15) is 0 Å². The lowest BCUT2D eigenvalue weighted by atomic mass is 10.3. The van der Waals surface area contributed by atoms with E-state index in [-0.39, 0.29) is 17.6 Å². The summed E-state index contributed by atoms with van der Waals surface area (Å²) in [5, 5.41) is 6.03. The first-order chi connectivity index (χ1) is 11.1. The molecule has 0 unspecified atom stereocenters. The van der Waals surface area contributed by atoms with Crippen molar-refractivity contribution < 1.29 is 14.0 Å². The number of fused-ring (bicyclic) bond motifs is 1. The van der Waals surface area contributed by atoms with Crippen LogP contribution in [0.4, 0.5) is 0 Å². The number of hydrogen-bond acceptors (Lipinski definition) is 5. The maximum Gasteiger partial charge on any atom is 0.287 e. The topological polar surface area (TPSA) is 84.2 Å². The second-order valence-corrected chi connectivity index (χ2v) is 5.92. The number of amides is 2. The van der Waals surface area contributed by atoms with Crippen LogP contribution >= 0.6 is 11.3 Å². The number of carbonyl (C=O) groups is 2. The molecule has 0 saturated heterocycles. The van der Waals surface area contributed by atoms with E-state index in [0.29, 0.717) is 18.8 Å². The van der Waals surface area contributed by atoms with Crippen molar-refractivity contribution in [3.05, 3.63) is 42.2 Å². The number of rotatable bonds is 5. The lowest BCUT2D eigenvalue weighted by molar-refractivity contribution is -0.118. The molecular formula is C16H15N3O3S. The summed E-state index contributed by atoms with van der Waals surface area (Å²) in [7, 11) is 0. The average Bonchev–Trinajstić information content (AvgIpc) is 3.17. The maximum absolute atomic E-state index is 12.0. The van der Waals surface area contributed by atoms with Crippen molar-refractivity contribution in [1.82, 2.24) is 15.6 Å². The molecule has 2 aromatic heterocycles. The summed E-state index contributed by atoms with van der Waals surface area (Å²) >= 11 is 1.52. The first-order valence-electron chi connectivity index (χ1n) is 7.12. The average molecular weight is 329 g/mol. The molecule has 0 radical (unpaired) electrons. The van der Waals surface area contributed by atoms with Gasteiger partial charge in [-0.3, -0.25) is 9.59 Å². The summed E-state index contributed by atoms with van der Waals surface area (Å²) < 4.78 is 6.66. The summed E-state index contributed by atoms with van der Waals surface area (Å²) in [6, 6.07) is 11.2. The summed E-state index contributed by atoms with van der Waals surface area (Å²) in [5.74, 6) is 0.346. The zero-order chi connectivity index (χ0) is 16.2. The van der Waals surface area contributed by atoms with Crippen LogP contribution in [0.3, 0.4) is 0 Å². The van der Waals surface area contributed by atoms with Crippen molar-refractivity contribution in [1.29, 1.82) is 0 Å². The number of aromatic nitrogens is 1. The Morgan fingerprint density at radius 3 is 2.70 bits per heavy atom. The second-order valence-electron chi connectivity index (χ2n) is 4.89. The number of carbonyl (C=O) groups excluding carboxylic acids is 2. The zero-order valence-electron chi connectivity index (χ0n) is 12.5. The monoisotopic (exact) mass is 329 g/mol. The Morgan fingerprint density at radius 1 is 1.13 bits per heavy atom. The van der Waals surface area contributed by atoms with E-state index in [9.17, 15) is 9.59 Å². The number of furan rings is 1. The number of nitrogens with zero attached hydrogens (tertiary/aromatic N) is 1. The molecule has 3 aromatic rings. The van der Waals surface area contributed by atoms with E-state index < -0.39 is 0 Å². The lowest BCUT2D eigenvalue weighted by Crippen LogP contribution is -2.33. The quantitative estimate of drug-likeness (QED) is 0.704. The Morgan fingerprint density at radius 2 is 1.91 bits per heavy atom. The van der Waals surface area contributed by atoms with Gasteiger partial charge in [-0.25, -0.2) is 4.98 Å². The third kappa shape index (κ3) is 3.57. The predicted molar refractivity (Wildman–Crippen MR) is 88.3 cm³/mol. The molecule has 0 aliphatic rings. The maximum atomic E-state index is 12.0. The third-order valence-corrected chi connectivity index (χ3v) is 4.17. The van der Waals surface area contributed by atoms with Gasteiger partial charge in [-0.15, -0.1) is 11.3 Å². The van der Waals surface area contributed by atoms with Crippen LogP contribution < -0.4 is 10.6 Å². The van der Waals surface area contributed by atoms with Crippen LogP contribution in [0.25, 0.3) is 21.0 Å². The standard InChI is InChI=1S/C16H15N3O3S/c1-10(20)17-8-9-18-15(21)12-6-7-13(22-12)16-19-11-4-2-3-5-14(11)23-16/h2-7H,8-9H2,1H3,(H,17,20)(H,18,21). The van der Waals surface area contributed by atoms with E-state index in [2.05, 4.69) is 15.6 Å². The molecule has 2 heterocycles. The van der Waals surface area contributed by atoms with Crippen LogP contribution in [0.5, 0.6) is 0 Å². The molecule has 23 heavy (non-hydrogen) atoms. The van der Waals surface area contributed by atoms with Gasteiger partial charge in [0.2, 0.25) is 5.91 Å². The van der Waals surface area contributed by atoms with Gasteiger partial charge < -0.3 is 15.1 Å². The lowest BCUT2D eigenvalue weighted by Gasteiger charge is -2.03. The minimum Gasteiger partial charge on any atom is -0.448 e. The van der Waals surface area contributed by atoms with Crippen molar-refractivity contribution in [3.63, 3.8) is 0 Å². The number of para-hydroxylation sites is 1. The molecule has 0 spiro atoms. The van der Waals surface area contributed by atoms with Crippen LogP contribution in [0.1, 0.15) is 17.5 Å². The van der Waals surface area contributed by atoms with Crippen molar-refractivity contribution in [2.45, 2.75) is 6.92 Å². The van der Waals surface area contributed by atoms with Gasteiger partial charge in [0.15, 0.2) is 16.5 Å². The smallest absolute Gasteiger partial charge is 0.287 e. The van der Waals surface area contributed by atoms with Crippen LogP contribution in [-0.2, 0) is 4.79 Å². The molecule has 0 aliphatic heterocycles. The zero-order valence-corrected chi connectivity index (χ0v) is 13.3. The molecule has 1 aromatic carbocycles. The summed E-state index contributed by atoms with van der Waals surface area (Å²) in [6.45, 7) is 2.15. The fraction of sp³-hybridized carbons (Fsp3) is 0.188. The first kappa shape index (κ1) is 15.2. The van der Waals surface area contributed by atoms with E-state index in [4.69, 9.17) is 4.42 Å². The number of thiazole rings is 1. The molecule has 2 amide bonds. The van der Waals surface area contributed by atoms with E-state index in [1.807, 2.05) is 24.3 Å². The van der Waals surface area contributed by atoms with Gasteiger partial charge in [0, 0.05) is 20.0 Å². The van der Waals surface area contributed by atoms with Crippen molar-refractivity contribution in [2.24, 2.45) is 0 Å². The molecule has 0 bridgehead atoms. The minimum absolute atomic E-state index is 0.129. The Kier molecular flexibility index (Phi) is 4.38. The highest BCUT2D eigenvalue weighted by molar-refractivity contribution is 7.21. The van der Waals surface area contributed by atoms with E-state index in [0.717, 1.165) is 15.2 Å². The predicted octanol–water partition coefficient (Wildman–Crippen LogP) is 2.42. The molecule has 7 heteroatoms. The highest BCUT2D eigenvalue weighted by Gasteiger charge is 2.14. The van der Waals surface area contributed by atoms with Crippen molar-refractivity contribution >= 4 is 33.4 Å². The highest BCUT2D eigenvalue weighted by atomic mass is 32.1. The van der Waals surface area contributed by atoms with E-state index in [1.54, 1.807) is 12.1 Å². The van der Waals surface area contributed by atoms with Crippen molar-refractivity contribution in [3.8, 4) is 10.8 Å². The van der Waals surface area contributed by atoms with Gasteiger partial charge >= 0.3 is 0 Å². The van der Waals surface area contributed by atoms with Crippen LogP contribution in [-0.4, -0.2) is 29.9 Å². The van der Waals surface area contributed by atoms with E-state index >= 15 is 0 Å². The number of nitrogens with one attached hydrogen (secondary N) is 2. The van der Waals surface area contributed by atoms with Gasteiger partial charge in [-0.05, 0) is 24.3 Å². The molecule has 0 saturated carbocycles. The number of benzene rings is 1. The highest BCUT2D eigenvalue weighted by Crippen LogP contribution is 2.30. The van der Waals surface area contributed by atoms with Crippen LogP contribution in [0.2, 0.25) is 0 Å². The summed E-state index contributed by atoms with van der Waals surface area (Å²) in [5.41, 5.74) is 0.908. The molecule has 3 rings (SSSR count). The Bertz CT molecular complexity index is 820. The third-order valence-electron chi connectivity index (χ3n) is 3.12. The SMILES string of the molecule is CC(=O)NCCNC(=O)c1ccc(-c2nc3ccccc3s2)o1. The summed E-state index contributed by atoms with van der Waals surface area (Å²) in [4.78, 5) is 27.2. The largest absolute Gasteiger partial charge is 0.448 e. The fourth-order valence-corrected chi connectivity index (χ4v) is 2.98.